The molecule has 2 N–H and O–H groups in total. The first kappa shape index (κ1) is 21.3. The smallest absolute Gasteiger partial charge is 0.272 e. The number of carbonyl (C=O) groups excluding carboxylic acids is 2. The van der Waals surface area contributed by atoms with Gasteiger partial charge in [0.15, 0.2) is 0 Å². The van der Waals surface area contributed by atoms with Crippen LogP contribution in [0.1, 0.15) is 46.9 Å². The van der Waals surface area contributed by atoms with Gasteiger partial charge in [0.2, 0.25) is 5.91 Å². The Hall–Kier alpha value is -3.03. The van der Waals surface area contributed by atoms with Crippen molar-refractivity contribution in [1.82, 2.24) is 10.3 Å². The number of carbonyl (C=O) groups is 2. The van der Waals surface area contributed by atoms with Crippen LogP contribution in [0.3, 0.4) is 0 Å². The summed E-state index contributed by atoms with van der Waals surface area (Å²) in [5.41, 5.74) is 2.61. The van der Waals surface area contributed by atoms with Gasteiger partial charge >= 0.3 is 0 Å². The zero-order valence-electron chi connectivity index (χ0n) is 16.2. The Labute approximate surface area is 162 Å². The number of anilines is 1. The van der Waals surface area contributed by atoms with Gasteiger partial charge in [-0.2, -0.15) is 0 Å². The second-order valence-corrected chi connectivity index (χ2v) is 6.49. The Balaban J connectivity index is 2.13. The van der Waals surface area contributed by atoms with E-state index in [1.54, 1.807) is 32.0 Å². The van der Waals surface area contributed by atoms with Gasteiger partial charge in [0.05, 0.1) is 6.04 Å². The predicted molar refractivity (Wildman–Crippen MR) is 102 cm³/mol. The number of aryl methyl sites for hydroxylation is 2. The van der Waals surface area contributed by atoms with Crippen molar-refractivity contribution in [2.45, 2.75) is 40.2 Å². The van der Waals surface area contributed by atoms with Crippen molar-refractivity contribution in [2.75, 3.05) is 11.9 Å². The molecule has 1 atom stereocenters. The van der Waals surface area contributed by atoms with Crippen LogP contribution in [0.15, 0.2) is 30.5 Å². The number of nitrogens with zero attached hydrogens (tertiary/aromatic N) is 1. The maximum Gasteiger partial charge on any atom is 0.272 e. The van der Waals surface area contributed by atoms with Gasteiger partial charge in [0.25, 0.3) is 12.3 Å². The maximum atomic E-state index is 12.5. The molecule has 0 aliphatic heterocycles. The Morgan fingerprint density at radius 3 is 2.39 bits per heavy atom. The fourth-order valence-electron chi connectivity index (χ4n) is 2.79. The number of hydrogen-bond acceptors (Lipinski definition) is 4. The van der Waals surface area contributed by atoms with Crippen LogP contribution >= 0.6 is 0 Å². The first-order valence-corrected chi connectivity index (χ1v) is 8.74. The highest BCUT2D eigenvalue weighted by molar-refractivity contribution is 5.96. The van der Waals surface area contributed by atoms with E-state index < -0.39 is 13.0 Å². The van der Waals surface area contributed by atoms with Gasteiger partial charge < -0.3 is 15.4 Å². The molecule has 0 radical (unpaired) electrons. The molecule has 2 aromatic rings. The highest BCUT2D eigenvalue weighted by atomic mass is 19.3. The predicted octanol–water partition coefficient (Wildman–Crippen LogP) is 3.79. The minimum Gasteiger partial charge on any atom is -0.487 e. The van der Waals surface area contributed by atoms with Crippen molar-refractivity contribution in [3.05, 3.63) is 52.7 Å². The van der Waals surface area contributed by atoms with E-state index in [0.717, 1.165) is 5.56 Å². The van der Waals surface area contributed by atoms with E-state index in [1.165, 1.54) is 19.2 Å². The van der Waals surface area contributed by atoms with E-state index in [0.29, 0.717) is 28.3 Å². The number of hydrogen-bond donors (Lipinski definition) is 2. The van der Waals surface area contributed by atoms with Crippen LogP contribution in [0.5, 0.6) is 5.75 Å². The standard InChI is InChI=1S/C20H23F2N3O3/c1-11-7-16(8-12(2)19(11)28-10-17(21)22)13(3)24-20(27)15-5-6-23-18(9-15)25-14(4)26/h5-9,13,17H,10H2,1-4H3,(H,24,27)(H,23,25,26). The summed E-state index contributed by atoms with van der Waals surface area (Å²) < 4.78 is 30.0. The first-order chi connectivity index (χ1) is 13.2. The molecule has 150 valence electrons. The highest BCUT2D eigenvalue weighted by Crippen LogP contribution is 2.28. The van der Waals surface area contributed by atoms with Crippen LogP contribution < -0.4 is 15.4 Å². The third-order valence-electron chi connectivity index (χ3n) is 4.01. The summed E-state index contributed by atoms with van der Waals surface area (Å²) in [5, 5.41) is 5.41. The topological polar surface area (TPSA) is 80.3 Å². The van der Waals surface area contributed by atoms with Gasteiger partial charge in [-0.25, -0.2) is 13.8 Å². The van der Waals surface area contributed by atoms with Crippen molar-refractivity contribution in [3.8, 4) is 5.75 Å². The normalized spacial score (nSPS) is 11.8. The third-order valence-corrected chi connectivity index (χ3v) is 4.01. The molecule has 0 spiro atoms. The molecule has 1 aromatic carbocycles. The van der Waals surface area contributed by atoms with E-state index >= 15 is 0 Å². The summed E-state index contributed by atoms with van der Waals surface area (Å²) in [5.74, 6) is 0.116. The molecule has 1 unspecified atom stereocenters. The largest absolute Gasteiger partial charge is 0.487 e. The lowest BCUT2D eigenvalue weighted by Crippen LogP contribution is -2.27. The average molecular weight is 391 g/mol. The molecule has 0 saturated carbocycles. The van der Waals surface area contributed by atoms with Gasteiger partial charge in [0, 0.05) is 18.7 Å². The van der Waals surface area contributed by atoms with Crippen LogP contribution in [0.4, 0.5) is 14.6 Å². The van der Waals surface area contributed by atoms with E-state index in [9.17, 15) is 18.4 Å². The second kappa shape index (κ2) is 9.25. The monoisotopic (exact) mass is 391 g/mol. The van der Waals surface area contributed by atoms with Crippen molar-refractivity contribution in [2.24, 2.45) is 0 Å². The molecule has 2 rings (SSSR count). The van der Waals surface area contributed by atoms with E-state index in [1.807, 2.05) is 6.92 Å². The number of benzene rings is 1. The van der Waals surface area contributed by atoms with E-state index in [2.05, 4.69) is 15.6 Å². The first-order valence-electron chi connectivity index (χ1n) is 8.74. The molecule has 1 aromatic heterocycles. The average Bonchev–Trinajstić information content (AvgIpc) is 2.60. The fourth-order valence-corrected chi connectivity index (χ4v) is 2.79. The number of ether oxygens (including phenoxy) is 1. The number of aromatic nitrogens is 1. The summed E-state index contributed by atoms with van der Waals surface area (Å²) in [6, 6.07) is 6.31. The van der Waals surface area contributed by atoms with Crippen LogP contribution in [0, 0.1) is 13.8 Å². The molecule has 6 nitrogen and oxygen atoms in total. The molecule has 0 saturated heterocycles. The zero-order valence-corrected chi connectivity index (χ0v) is 16.2. The molecule has 1 heterocycles. The lowest BCUT2D eigenvalue weighted by atomic mass is 10.0. The molecular weight excluding hydrogens is 368 g/mol. The number of pyridine rings is 1. The number of alkyl halides is 2. The Morgan fingerprint density at radius 1 is 1.18 bits per heavy atom. The molecule has 0 fully saturated rings. The molecule has 0 aliphatic rings. The molecule has 2 amide bonds. The summed E-state index contributed by atoms with van der Waals surface area (Å²) in [4.78, 5) is 27.6. The summed E-state index contributed by atoms with van der Waals surface area (Å²) in [6.45, 7) is 6.06. The van der Waals surface area contributed by atoms with Crippen molar-refractivity contribution < 1.29 is 23.1 Å². The minimum absolute atomic E-state index is 0.279. The second-order valence-electron chi connectivity index (χ2n) is 6.49. The van der Waals surface area contributed by atoms with Gasteiger partial charge in [-0.05, 0) is 49.6 Å². The van der Waals surface area contributed by atoms with E-state index in [-0.39, 0.29) is 17.9 Å². The van der Waals surface area contributed by atoms with Crippen LogP contribution in [-0.4, -0.2) is 29.8 Å². The van der Waals surface area contributed by atoms with Crippen LogP contribution in [0.2, 0.25) is 0 Å². The number of amides is 2. The van der Waals surface area contributed by atoms with Gasteiger partial charge in [-0.1, -0.05) is 12.1 Å². The van der Waals surface area contributed by atoms with Gasteiger partial charge in [0.1, 0.15) is 18.2 Å². The highest BCUT2D eigenvalue weighted by Gasteiger charge is 2.16. The van der Waals surface area contributed by atoms with Gasteiger partial charge in [-0.3, -0.25) is 9.59 Å². The summed E-state index contributed by atoms with van der Waals surface area (Å²) in [7, 11) is 0. The summed E-state index contributed by atoms with van der Waals surface area (Å²) >= 11 is 0. The lowest BCUT2D eigenvalue weighted by Gasteiger charge is -2.19. The van der Waals surface area contributed by atoms with Crippen molar-refractivity contribution in [1.29, 1.82) is 0 Å². The number of halogens is 2. The maximum absolute atomic E-state index is 12.5. The Bertz CT molecular complexity index is 849. The third kappa shape index (κ3) is 5.73. The zero-order chi connectivity index (χ0) is 20.8. The summed E-state index contributed by atoms with van der Waals surface area (Å²) in [6.07, 6.45) is -1.10. The number of nitrogens with one attached hydrogen (secondary N) is 2. The van der Waals surface area contributed by atoms with Crippen LogP contribution in [0.25, 0.3) is 0 Å². The van der Waals surface area contributed by atoms with Gasteiger partial charge in [-0.15, -0.1) is 0 Å². The molecule has 0 aliphatic carbocycles. The molecule has 28 heavy (non-hydrogen) atoms. The molecule has 0 bridgehead atoms. The minimum atomic E-state index is -2.54. The van der Waals surface area contributed by atoms with Crippen molar-refractivity contribution >= 4 is 17.6 Å². The number of rotatable bonds is 7. The lowest BCUT2D eigenvalue weighted by molar-refractivity contribution is -0.114. The SMILES string of the molecule is CC(=O)Nc1cc(C(=O)NC(C)c2cc(C)c(OCC(F)F)c(C)c2)ccn1. The quantitative estimate of drug-likeness (QED) is 0.753. The Morgan fingerprint density at radius 2 is 1.82 bits per heavy atom. The molecular formula is C20H23F2N3O3. The van der Waals surface area contributed by atoms with Crippen molar-refractivity contribution in [3.63, 3.8) is 0 Å². The van der Waals surface area contributed by atoms with E-state index in [4.69, 9.17) is 4.74 Å². The molecule has 8 heteroatoms. The fraction of sp³-hybridized carbons (Fsp3) is 0.350. The Kier molecular flexibility index (Phi) is 7.03. The van der Waals surface area contributed by atoms with Crippen LogP contribution in [-0.2, 0) is 4.79 Å².